The molecule has 0 unspecified atom stereocenters. The van der Waals surface area contributed by atoms with Crippen molar-refractivity contribution in [2.24, 2.45) is 0 Å². The third-order valence-electron chi connectivity index (χ3n) is 8.48. The average Bonchev–Trinajstić information content (AvgIpc) is 3.12. The molecule has 0 saturated heterocycles. The van der Waals surface area contributed by atoms with E-state index in [0.717, 1.165) is 77.0 Å². The number of hydrogen-bond acceptors (Lipinski definition) is 5. The molecule has 0 radical (unpaired) electrons. The summed E-state index contributed by atoms with van der Waals surface area (Å²) in [4.78, 5) is 24.3. The first-order chi connectivity index (χ1) is 24.6. The molecule has 1 atom stereocenters. The second kappa shape index (κ2) is 40.8. The second-order valence-electron chi connectivity index (χ2n) is 13.3. The van der Waals surface area contributed by atoms with E-state index < -0.39 is 6.10 Å². The molecule has 0 fully saturated rings. The van der Waals surface area contributed by atoms with Gasteiger partial charge in [-0.3, -0.25) is 9.59 Å². The molecule has 5 nitrogen and oxygen atoms in total. The number of rotatable bonds is 36. The van der Waals surface area contributed by atoms with Gasteiger partial charge in [-0.2, -0.15) is 0 Å². The van der Waals surface area contributed by atoms with E-state index in [0.29, 0.717) is 12.8 Å². The SMILES string of the molecule is CCC=CCC=CCC=CCC=CCC=CCCCCCC(=O)OC[C@H](CO)OC(=O)CCCCCCCCCC=CCCCCCCCC. The minimum absolute atomic E-state index is 0.0880. The van der Waals surface area contributed by atoms with Gasteiger partial charge in [-0.05, 0) is 83.5 Å². The predicted octanol–water partition coefficient (Wildman–Crippen LogP) is 13.0. The minimum Gasteiger partial charge on any atom is -0.462 e. The number of unbranched alkanes of at least 4 members (excludes halogenated alkanes) is 16. The van der Waals surface area contributed by atoms with Crippen molar-refractivity contribution in [3.63, 3.8) is 0 Å². The molecular formula is C45H76O5. The van der Waals surface area contributed by atoms with Crippen LogP contribution >= 0.6 is 0 Å². The molecular weight excluding hydrogens is 620 g/mol. The normalized spacial score (nSPS) is 12.9. The lowest BCUT2D eigenvalue weighted by atomic mass is 10.1. The highest BCUT2D eigenvalue weighted by Gasteiger charge is 2.16. The number of hydrogen-bond donors (Lipinski definition) is 1. The van der Waals surface area contributed by atoms with Gasteiger partial charge in [-0.25, -0.2) is 0 Å². The predicted molar refractivity (Wildman–Crippen MR) is 214 cm³/mol. The Labute approximate surface area is 308 Å². The lowest BCUT2D eigenvalue weighted by Gasteiger charge is -2.15. The summed E-state index contributed by atoms with van der Waals surface area (Å²) in [6, 6.07) is 0. The lowest BCUT2D eigenvalue weighted by molar-refractivity contribution is -0.161. The molecule has 0 aromatic rings. The minimum atomic E-state index is -0.790. The van der Waals surface area contributed by atoms with E-state index >= 15 is 0 Å². The van der Waals surface area contributed by atoms with Crippen molar-refractivity contribution >= 4 is 11.9 Å². The quantitative estimate of drug-likeness (QED) is 0.0401. The van der Waals surface area contributed by atoms with Crippen molar-refractivity contribution in [1.29, 1.82) is 0 Å². The largest absolute Gasteiger partial charge is 0.462 e. The Balaban J connectivity index is 3.65. The summed E-state index contributed by atoms with van der Waals surface area (Å²) >= 11 is 0. The second-order valence-corrected chi connectivity index (χ2v) is 13.3. The molecule has 0 amide bonds. The van der Waals surface area contributed by atoms with Gasteiger partial charge in [0.1, 0.15) is 6.61 Å². The Kier molecular flexibility index (Phi) is 38.6. The Hall–Kier alpha value is -2.66. The van der Waals surface area contributed by atoms with Gasteiger partial charge >= 0.3 is 11.9 Å². The van der Waals surface area contributed by atoms with Gasteiger partial charge in [0, 0.05) is 12.8 Å². The molecule has 0 aromatic heterocycles. The van der Waals surface area contributed by atoms with Crippen LogP contribution in [0.2, 0.25) is 0 Å². The molecule has 5 heteroatoms. The fourth-order valence-corrected chi connectivity index (χ4v) is 5.40. The first kappa shape index (κ1) is 47.3. The van der Waals surface area contributed by atoms with E-state index in [4.69, 9.17) is 9.47 Å². The van der Waals surface area contributed by atoms with Crippen LogP contribution in [0, 0.1) is 0 Å². The van der Waals surface area contributed by atoms with Gasteiger partial charge in [-0.1, -0.05) is 157 Å². The molecule has 0 rings (SSSR count). The maximum atomic E-state index is 12.2. The fourth-order valence-electron chi connectivity index (χ4n) is 5.40. The van der Waals surface area contributed by atoms with Gasteiger partial charge in [0.2, 0.25) is 0 Å². The molecule has 0 aromatic carbocycles. The van der Waals surface area contributed by atoms with Crippen LogP contribution in [0.1, 0.15) is 181 Å². The molecule has 0 spiro atoms. The number of ether oxygens (including phenoxy) is 2. The van der Waals surface area contributed by atoms with Gasteiger partial charge in [0.25, 0.3) is 0 Å². The summed E-state index contributed by atoms with van der Waals surface area (Å²) in [6.07, 6.45) is 53.9. The zero-order valence-electron chi connectivity index (χ0n) is 32.4. The Morgan fingerprint density at radius 1 is 0.480 bits per heavy atom. The third-order valence-corrected chi connectivity index (χ3v) is 8.48. The molecule has 0 heterocycles. The summed E-state index contributed by atoms with van der Waals surface area (Å²) in [7, 11) is 0. The highest BCUT2D eigenvalue weighted by atomic mass is 16.6. The summed E-state index contributed by atoms with van der Waals surface area (Å²) in [6.45, 7) is 3.98. The molecule has 0 aliphatic carbocycles. The zero-order chi connectivity index (χ0) is 36.4. The van der Waals surface area contributed by atoms with E-state index in [-0.39, 0.29) is 25.2 Å². The number of allylic oxidation sites excluding steroid dienone is 12. The molecule has 1 N–H and O–H groups in total. The number of carbonyl (C=O) groups excluding carboxylic acids is 2. The summed E-state index contributed by atoms with van der Waals surface area (Å²) in [5, 5.41) is 9.56. The van der Waals surface area contributed by atoms with Crippen molar-refractivity contribution in [3.8, 4) is 0 Å². The van der Waals surface area contributed by atoms with E-state index in [9.17, 15) is 14.7 Å². The number of aliphatic hydroxyl groups is 1. The highest BCUT2D eigenvalue weighted by molar-refractivity contribution is 5.70. The smallest absolute Gasteiger partial charge is 0.306 e. The standard InChI is InChI=1S/C45H76O5/c1-3-5-7-9-11-13-15-17-19-21-22-24-25-27-29-31-33-35-37-39-44(47)49-42-43(41-46)50-45(48)40-38-36-34-32-30-28-26-23-20-18-16-14-12-10-8-6-4-2/h5,7,11,13,17-20,22,24,27,29,43,46H,3-4,6,8-10,12,14-16,21,23,25-26,28,30-42H2,1-2H3/t43-/m0/s1. The van der Waals surface area contributed by atoms with Crippen LogP contribution in [0.25, 0.3) is 0 Å². The van der Waals surface area contributed by atoms with E-state index in [1.807, 2.05) is 0 Å². The monoisotopic (exact) mass is 697 g/mol. The molecule has 0 saturated carbocycles. The van der Waals surface area contributed by atoms with Crippen LogP contribution in [0.5, 0.6) is 0 Å². The summed E-state index contributed by atoms with van der Waals surface area (Å²) in [5.74, 6) is -0.638. The van der Waals surface area contributed by atoms with E-state index in [1.54, 1.807) is 0 Å². The Morgan fingerprint density at radius 3 is 1.34 bits per heavy atom. The summed E-state index contributed by atoms with van der Waals surface area (Å²) < 4.78 is 10.6. The van der Waals surface area contributed by atoms with Crippen LogP contribution in [-0.4, -0.2) is 36.4 Å². The molecule has 286 valence electrons. The number of esters is 2. The van der Waals surface area contributed by atoms with Crippen LogP contribution in [0.15, 0.2) is 72.9 Å². The van der Waals surface area contributed by atoms with E-state index in [1.165, 1.54) is 77.0 Å². The molecule has 0 bridgehead atoms. The lowest BCUT2D eigenvalue weighted by Crippen LogP contribution is -2.28. The summed E-state index contributed by atoms with van der Waals surface area (Å²) in [5.41, 5.74) is 0. The molecule has 50 heavy (non-hydrogen) atoms. The number of aliphatic hydroxyl groups excluding tert-OH is 1. The molecule has 0 aliphatic rings. The van der Waals surface area contributed by atoms with E-state index in [2.05, 4.69) is 86.8 Å². The third kappa shape index (κ3) is 38.1. The Morgan fingerprint density at radius 2 is 0.860 bits per heavy atom. The van der Waals surface area contributed by atoms with Gasteiger partial charge in [0.15, 0.2) is 6.10 Å². The first-order valence-electron chi connectivity index (χ1n) is 20.5. The maximum Gasteiger partial charge on any atom is 0.306 e. The Bertz CT molecular complexity index is 926. The zero-order valence-corrected chi connectivity index (χ0v) is 32.4. The maximum absolute atomic E-state index is 12.2. The van der Waals surface area contributed by atoms with Crippen LogP contribution in [0.4, 0.5) is 0 Å². The van der Waals surface area contributed by atoms with Gasteiger partial charge in [0.05, 0.1) is 6.61 Å². The van der Waals surface area contributed by atoms with Gasteiger partial charge in [-0.15, -0.1) is 0 Å². The van der Waals surface area contributed by atoms with Crippen molar-refractivity contribution < 1.29 is 24.2 Å². The average molecular weight is 697 g/mol. The van der Waals surface area contributed by atoms with Crippen LogP contribution in [-0.2, 0) is 19.1 Å². The van der Waals surface area contributed by atoms with Crippen molar-refractivity contribution in [1.82, 2.24) is 0 Å². The first-order valence-corrected chi connectivity index (χ1v) is 20.5. The van der Waals surface area contributed by atoms with Crippen molar-refractivity contribution in [2.45, 2.75) is 187 Å². The van der Waals surface area contributed by atoms with Crippen molar-refractivity contribution in [2.75, 3.05) is 13.2 Å². The highest BCUT2D eigenvalue weighted by Crippen LogP contribution is 2.12. The van der Waals surface area contributed by atoms with Crippen molar-refractivity contribution in [3.05, 3.63) is 72.9 Å². The number of carbonyl (C=O) groups is 2. The topological polar surface area (TPSA) is 72.8 Å². The fraction of sp³-hybridized carbons (Fsp3) is 0.689. The molecule has 0 aliphatic heterocycles. The van der Waals surface area contributed by atoms with Crippen LogP contribution < -0.4 is 0 Å². The van der Waals surface area contributed by atoms with Gasteiger partial charge < -0.3 is 14.6 Å². The van der Waals surface area contributed by atoms with Crippen LogP contribution in [0.3, 0.4) is 0 Å².